The summed E-state index contributed by atoms with van der Waals surface area (Å²) in [6.45, 7) is 3.58. The van der Waals surface area contributed by atoms with Gasteiger partial charge in [0.05, 0.1) is 31.6 Å². The Bertz CT molecular complexity index is 1090. The fourth-order valence-corrected chi connectivity index (χ4v) is 4.38. The zero-order chi connectivity index (χ0) is 23.4. The van der Waals surface area contributed by atoms with Crippen molar-refractivity contribution in [2.45, 2.75) is 38.3 Å². The first kappa shape index (κ1) is 23.4. The molecule has 0 saturated carbocycles. The van der Waals surface area contributed by atoms with Crippen LogP contribution in [0.4, 0.5) is 0 Å². The highest BCUT2D eigenvalue weighted by molar-refractivity contribution is 7.80. The van der Waals surface area contributed by atoms with Gasteiger partial charge in [-0.15, -0.1) is 0 Å². The molecule has 1 amide bonds. The van der Waals surface area contributed by atoms with Gasteiger partial charge in [0.15, 0.2) is 0 Å². The summed E-state index contributed by atoms with van der Waals surface area (Å²) in [5.74, 6) is 1.67. The smallest absolute Gasteiger partial charge is 0.241 e. The minimum Gasteiger partial charge on any atom is -0.496 e. The largest absolute Gasteiger partial charge is 0.496 e. The third-order valence-corrected chi connectivity index (χ3v) is 6.36. The van der Waals surface area contributed by atoms with Crippen LogP contribution in [0.1, 0.15) is 24.4 Å². The standard InChI is InChI=1S/C25H30N4O3S/c1-17(32-15-18-8-4-3-5-9-18)23-24-27-21(19-10-6-7-11-22(19)31-2)14-28(24)12-13-29(23)25(30)20(26)16-33/h3-11,14,17,20,23,33H,12-13,15-16,26H2,1-2H3. The first-order chi connectivity index (χ1) is 16.0. The number of aromatic nitrogens is 2. The van der Waals surface area contributed by atoms with E-state index in [9.17, 15) is 4.79 Å². The lowest BCUT2D eigenvalue weighted by Crippen LogP contribution is -2.52. The van der Waals surface area contributed by atoms with Crippen molar-refractivity contribution in [2.24, 2.45) is 5.73 Å². The summed E-state index contributed by atoms with van der Waals surface area (Å²) in [5.41, 5.74) is 8.86. The van der Waals surface area contributed by atoms with Gasteiger partial charge in [-0.05, 0) is 24.6 Å². The van der Waals surface area contributed by atoms with E-state index in [1.807, 2.05) is 67.7 Å². The van der Waals surface area contributed by atoms with E-state index >= 15 is 0 Å². The third-order valence-electron chi connectivity index (χ3n) is 5.97. The molecule has 0 bridgehead atoms. The zero-order valence-corrected chi connectivity index (χ0v) is 19.8. The number of para-hydroxylation sites is 1. The molecule has 0 fully saturated rings. The molecule has 2 N–H and O–H groups in total. The Kier molecular flexibility index (Phi) is 7.37. The van der Waals surface area contributed by atoms with Gasteiger partial charge in [-0.1, -0.05) is 42.5 Å². The second kappa shape index (κ2) is 10.4. The summed E-state index contributed by atoms with van der Waals surface area (Å²) in [5, 5.41) is 0. The summed E-state index contributed by atoms with van der Waals surface area (Å²) in [7, 11) is 1.65. The lowest BCUT2D eigenvalue weighted by molar-refractivity contribution is -0.140. The van der Waals surface area contributed by atoms with E-state index in [4.69, 9.17) is 20.2 Å². The second-order valence-corrected chi connectivity index (χ2v) is 8.51. The van der Waals surface area contributed by atoms with Crippen molar-refractivity contribution < 1.29 is 14.3 Å². The maximum absolute atomic E-state index is 13.1. The van der Waals surface area contributed by atoms with Gasteiger partial charge in [-0.3, -0.25) is 4.79 Å². The topological polar surface area (TPSA) is 82.6 Å². The number of nitrogens with two attached hydrogens (primary N) is 1. The molecule has 3 atom stereocenters. The Morgan fingerprint density at radius 3 is 2.64 bits per heavy atom. The molecule has 1 aromatic heterocycles. The van der Waals surface area contributed by atoms with Crippen molar-refractivity contribution in [1.82, 2.24) is 14.5 Å². The van der Waals surface area contributed by atoms with Gasteiger partial charge >= 0.3 is 0 Å². The molecule has 3 aromatic rings. The fraction of sp³-hybridized carbons (Fsp3) is 0.360. The number of imidazole rings is 1. The molecular weight excluding hydrogens is 436 g/mol. The number of rotatable bonds is 8. The van der Waals surface area contributed by atoms with Crippen molar-refractivity contribution in [3.8, 4) is 17.0 Å². The van der Waals surface area contributed by atoms with Crippen LogP contribution in [0.3, 0.4) is 0 Å². The zero-order valence-electron chi connectivity index (χ0n) is 18.9. The molecule has 0 radical (unpaired) electrons. The Morgan fingerprint density at radius 2 is 1.91 bits per heavy atom. The van der Waals surface area contributed by atoms with Crippen LogP contribution in [0, 0.1) is 0 Å². The Morgan fingerprint density at radius 1 is 1.18 bits per heavy atom. The molecule has 0 aliphatic carbocycles. The molecule has 33 heavy (non-hydrogen) atoms. The number of carbonyl (C=O) groups is 1. The number of nitrogens with zero attached hydrogens (tertiary/aromatic N) is 3. The molecule has 2 heterocycles. The van der Waals surface area contributed by atoms with Crippen LogP contribution in [0.2, 0.25) is 0 Å². The van der Waals surface area contributed by atoms with Crippen molar-refractivity contribution >= 4 is 18.5 Å². The van der Waals surface area contributed by atoms with Crippen molar-refractivity contribution in [3.63, 3.8) is 0 Å². The van der Waals surface area contributed by atoms with Crippen LogP contribution in [0.15, 0.2) is 60.8 Å². The van der Waals surface area contributed by atoms with Crippen LogP contribution in [0.5, 0.6) is 5.75 Å². The van der Waals surface area contributed by atoms with E-state index in [1.165, 1.54) is 0 Å². The highest BCUT2D eigenvalue weighted by atomic mass is 32.1. The summed E-state index contributed by atoms with van der Waals surface area (Å²) >= 11 is 4.24. The molecule has 4 rings (SSSR count). The van der Waals surface area contributed by atoms with Crippen molar-refractivity contribution in [2.75, 3.05) is 19.4 Å². The van der Waals surface area contributed by atoms with E-state index in [2.05, 4.69) is 17.2 Å². The van der Waals surface area contributed by atoms with Crippen LogP contribution in [-0.2, 0) is 22.7 Å². The molecule has 3 unspecified atom stereocenters. The number of carbonyl (C=O) groups excluding carboxylic acids is 1. The summed E-state index contributed by atoms with van der Waals surface area (Å²) in [6, 6.07) is 16.7. The fourth-order valence-electron chi connectivity index (χ4n) is 4.22. The van der Waals surface area contributed by atoms with Gasteiger partial charge in [0.25, 0.3) is 0 Å². The normalized spacial score (nSPS) is 17.3. The van der Waals surface area contributed by atoms with E-state index in [1.54, 1.807) is 12.0 Å². The molecular formula is C25H30N4O3S. The Balaban J connectivity index is 1.68. The molecule has 1 aliphatic heterocycles. The number of hydrogen-bond donors (Lipinski definition) is 2. The predicted octanol–water partition coefficient (Wildman–Crippen LogP) is 3.30. The monoisotopic (exact) mass is 466 g/mol. The summed E-state index contributed by atoms with van der Waals surface area (Å²) in [4.78, 5) is 19.9. The first-order valence-corrected chi connectivity index (χ1v) is 11.7. The van der Waals surface area contributed by atoms with Gasteiger partial charge in [0.2, 0.25) is 5.91 Å². The van der Waals surface area contributed by atoms with Gasteiger partial charge < -0.3 is 24.7 Å². The molecule has 0 saturated heterocycles. The van der Waals surface area contributed by atoms with Gasteiger partial charge in [0.1, 0.15) is 17.6 Å². The Hall–Kier alpha value is -2.81. The molecule has 174 valence electrons. The average molecular weight is 467 g/mol. The number of fused-ring (bicyclic) bond motifs is 1. The van der Waals surface area contributed by atoms with Crippen LogP contribution >= 0.6 is 12.6 Å². The lowest BCUT2D eigenvalue weighted by atomic mass is 10.1. The number of hydrogen-bond acceptors (Lipinski definition) is 6. The number of methoxy groups -OCH3 is 1. The lowest BCUT2D eigenvalue weighted by Gasteiger charge is -2.40. The third kappa shape index (κ3) is 4.93. The number of benzene rings is 2. The van der Waals surface area contributed by atoms with Crippen LogP contribution in [-0.4, -0.2) is 51.9 Å². The average Bonchev–Trinajstić information content (AvgIpc) is 3.30. The Labute approximate surface area is 199 Å². The number of amides is 1. The molecule has 8 heteroatoms. The maximum atomic E-state index is 13.1. The van der Waals surface area contributed by atoms with E-state index in [-0.39, 0.29) is 23.8 Å². The van der Waals surface area contributed by atoms with Gasteiger partial charge in [-0.25, -0.2) is 4.98 Å². The van der Waals surface area contributed by atoms with Crippen molar-refractivity contribution in [1.29, 1.82) is 0 Å². The predicted molar refractivity (Wildman–Crippen MR) is 131 cm³/mol. The minimum atomic E-state index is -0.674. The van der Waals surface area contributed by atoms with Crippen molar-refractivity contribution in [3.05, 3.63) is 72.2 Å². The van der Waals surface area contributed by atoms with E-state index < -0.39 is 6.04 Å². The maximum Gasteiger partial charge on any atom is 0.241 e. The SMILES string of the molecule is COc1ccccc1-c1cn2c(n1)C(C(C)OCc1ccccc1)N(C(=O)C(N)CS)CC2. The van der Waals surface area contributed by atoms with E-state index in [0.717, 1.165) is 28.4 Å². The number of thiol groups is 1. The molecule has 1 aliphatic rings. The second-order valence-electron chi connectivity index (χ2n) is 8.15. The van der Waals surface area contributed by atoms with Crippen LogP contribution < -0.4 is 10.5 Å². The summed E-state index contributed by atoms with van der Waals surface area (Å²) in [6.07, 6.45) is 1.72. The molecule has 0 spiro atoms. The first-order valence-electron chi connectivity index (χ1n) is 11.1. The molecule has 2 aromatic carbocycles. The highest BCUT2D eigenvalue weighted by Gasteiger charge is 2.38. The minimum absolute atomic E-state index is 0.141. The van der Waals surface area contributed by atoms with Gasteiger partial charge in [-0.2, -0.15) is 12.6 Å². The van der Waals surface area contributed by atoms with Gasteiger partial charge in [0, 0.05) is 30.6 Å². The summed E-state index contributed by atoms with van der Waals surface area (Å²) < 4.78 is 13.9. The quantitative estimate of drug-likeness (QED) is 0.498. The molecule has 7 nitrogen and oxygen atoms in total. The highest BCUT2D eigenvalue weighted by Crippen LogP contribution is 2.35. The van der Waals surface area contributed by atoms with Crippen LogP contribution in [0.25, 0.3) is 11.3 Å². The van der Waals surface area contributed by atoms with E-state index in [0.29, 0.717) is 19.7 Å². The number of ether oxygens (including phenoxy) is 2.